The van der Waals surface area contributed by atoms with Gasteiger partial charge in [-0.1, -0.05) is 11.6 Å². The van der Waals surface area contributed by atoms with Crippen LogP contribution in [0.5, 0.6) is 0 Å². The SMILES string of the molecule is CC1(C)CCCN1CC(=O)Nc1cc(C(=O)O)ccc1Cl. The van der Waals surface area contributed by atoms with Crippen molar-refractivity contribution < 1.29 is 14.7 Å². The molecule has 2 rings (SSSR count). The van der Waals surface area contributed by atoms with Crippen molar-refractivity contribution in [3.05, 3.63) is 28.8 Å². The Morgan fingerprint density at radius 1 is 1.43 bits per heavy atom. The van der Waals surface area contributed by atoms with Gasteiger partial charge >= 0.3 is 5.97 Å². The van der Waals surface area contributed by atoms with Crippen LogP contribution in [-0.2, 0) is 4.79 Å². The Hall–Kier alpha value is -1.59. The number of anilines is 1. The van der Waals surface area contributed by atoms with E-state index in [1.807, 2.05) is 0 Å². The molecule has 0 saturated carbocycles. The molecule has 1 aromatic carbocycles. The Morgan fingerprint density at radius 3 is 2.71 bits per heavy atom. The number of halogens is 1. The van der Waals surface area contributed by atoms with Gasteiger partial charge in [0.1, 0.15) is 0 Å². The predicted octanol–water partition coefficient (Wildman–Crippen LogP) is 2.85. The molecule has 0 bridgehead atoms. The smallest absolute Gasteiger partial charge is 0.335 e. The third kappa shape index (κ3) is 3.74. The van der Waals surface area contributed by atoms with Gasteiger partial charge in [0.2, 0.25) is 5.91 Å². The molecule has 0 aromatic heterocycles. The van der Waals surface area contributed by atoms with Crippen molar-refractivity contribution in [2.75, 3.05) is 18.4 Å². The average molecular weight is 311 g/mol. The number of carbonyl (C=O) groups is 2. The second kappa shape index (κ2) is 6.03. The Labute approximate surface area is 128 Å². The number of hydrogen-bond donors (Lipinski definition) is 2. The van der Waals surface area contributed by atoms with E-state index in [1.54, 1.807) is 0 Å². The molecule has 1 aromatic rings. The first-order chi connectivity index (χ1) is 9.79. The second-order valence-corrected chi connectivity index (χ2v) is 6.29. The largest absolute Gasteiger partial charge is 0.478 e. The number of amides is 1. The quantitative estimate of drug-likeness (QED) is 0.897. The van der Waals surface area contributed by atoms with E-state index in [4.69, 9.17) is 16.7 Å². The first-order valence-corrected chi connectivity index (χ1v) is 7.25. The molecule has 0 aliphatic carbocycles. The fraction of sp³-hybridized carbons (Fsp3) is 0.467. The van der Waals surface area contributed by atoms with Crippen LogP contribution in [-0.4, -0.2) is 40.5 Å². The number of nitrogens with one attached hydrogen (secondary N) is 1. The van der Waals surface area contributed by atoms with Crippen molar-refractivity contribution in [1.82, 2.24) is 4.90 Å². The van der Waals surface area contributed by atoms with Gasteiger partial charge in [0.05, 0.1) is 22.8 Å². The van der Waals surface area contributed by atoms with E-state index in [9.17, 15) is 9.59 Å². The number of carboxylic acids is 1. The lowest BCUT2D eigenvalue weighted by atomic mass is 10.0. The van der Waals surface area contributed by atoms with Crippen LogP contribution in [0.3, 0.4) is 0 Å². The number of nitrogens with zero attached hydrogens (tertiary/aromatic N) is 1. The Morgan fingerprint density at radius 2 is 2.14 bits per heavy atom. The van der Waals surface area contributed by atoms with Gasteiger partial charge in [-0.25, -0.2) is 4.79 Å². The van der Waals surface area contributed by atoms with E-state index in [1.165, 1.54) is 18.2 Å². The minimum Gasteiger partial charge on any atom is -0.478 e. The summed E-state index contributed by atoms with van der Waals surface area (Å²) in [7, 11) is 0. The van der Waals surface area contributed by atoms with Crippen molar-refractivity contribution in [3.63, 3.8) is 0 Å². The van der Waals surface area contributed by atoms with E-state index in [-0.39, 0.29) is 23.6 Å². The number of rotatable bonds is 4. The molecule has 5 nitrogen and oxygen atoms in total. The number of hydrogen-bond acceptors (Lipinski definition) is 3. The minimum absolute atomic E-state index is 0.0179. The van der Waals surface area contributed by atoms with Gasteiger partial charge in [-0.2, -0.15) is 0 Å². The van der Waals surface area contributed by atoms with Crippen LogP contribution in [0.1, 0.15) is 37.0 Å². The van der Waals surface area contributed by atoms with Crippen LogP contribution in [0.25, 0.3) is 0 Å². The van der Waals surface area contributed by atoms with Gasteiger partial charge in [-0.05, 0) is 51.4 Å². The van der Waals surface area contributed by atoms with Crippen molar-refractivity contribution in [3.8, 4) is 0 Å². The summed E-state index contributed by atoms with van der Waals surface area (Å²) < 4.78 is 0. The summed E-state index contributed by atoms with van der Waals surface area (Å²) >= 11 is 6.00. The van der Waals surface area contributed by atoms with Crippen LogP contribution in [0.4, 0.5) is 5.69 Å². The molecule has 1 amide bonds. The van der Waals surface area contributed by atoms with Crippen LogP contribution >= 0.6 is 11.6 Å². The zero-order valence-corrected chi connectivity index (χ0v) is 12.9. The van der Waals surface area contributed by atoms with Crippen molar-refractivity contribution >= 4 is 29.2 Å². The first kappa shape index (κ1) is 15.8. The average Bonchev–Trinajstić information content (AvgIpc) is 2.71. The highest BCUT2D eigenvalue weighted by Gasteiger charge is 2.32. The highest BCUT2D eigenvalue weighted by molar-refractivity contribution is 6.33. The topological polar surface area (TPSA) is 69.6 Å². The molecule has 1 aliphatic rings. The molecule has 0 radical (unpaired) electrons. The lowest BCUT2D eigenvalue weighted by molar-refractivity contribution is -0.118. The van der Waals surface area contributed by atoms with Gasteiger partial charge in [0.25, 0.3) is 0 Å². The monoisotopic (exact) mass is 310 g/mol. The van der Waals surface area contributed by atoms with E-state index < -0.39 is 5.97 Å². The third-order valence-electron chi connectivity index (χ3n) is 3.89. The molecule has 1 fully saturated rings. The van der Waals surface area contributed by atoms with Crippen LogP contribution in [0.2, 0.25) is 5.02 Å². The molecule has 114 valence electrons. The van der Waals surface area contributed by atoms with Gasteiger partial charge in [-0.15, -0.1) is 0 Å². The lowest BCUT2D eigenvalue weighted by Gasteiger charge is -2.30. The van der Waals surface area contributed by atoms with Gasteiger partial charge in [0.15, 0.2) is 0 Å². The number of likely N-dealkylation sites (tertiary alicyclic amines) is 1. The summed E-state index contributed by atoms with van der Waals surface area (Å²) in [4.78, 5) is 25.2. The van der Waals surface area contributed by atoms with Crippen LogP contribution in [0.15, 0.2) is 18.2 Å². The molecule has 1 aliphatic heterocycles. The molecule has 2 N–H and O–H groups in total. The summed E-state index contributed by atoms with van der Waals surface area (Å²) in [5.41, 5.74) is 0.444. The minimum atomic E-state index is -1.05. The van der Waals surface area contributed by atoms with Crippen molar-refractivity contribution in [2.45, 2.75) is 32.2 Å². The maximum absolute atomic E-state index is 12.1. The van der Waals surface area contributed by atoms with Gasteiger partial charge in [-0.3, -0.25) is 9.69 Å². The zero-order valence-electron chi connectivity index (χ0n) is 12.1. The molecular formula is C15H19ClN2O3. The van der Waals surface area contributed by atoms with Crippen molar-refractivity contribution in [2.24, 2.45) is 0 Å². The van der Waals surface area contributed by atoms with E-state index in [0.717, 1.165) is 19.4 Å². The highest BCUT2D eigenvalue weighted by Crippen LogP contribution is 2.28. The maximum Gasteiger partial charge on any atom is 0.335 e. The Bertz CT molecular complexity index is 572. The molecule has 1 heterocycles. The second-order valence-electron chi connectivity index (χ2n) is 5.89. The zero-order chi connectivity index (χ0) is 15.6. The molecular weight excluding hydrogens is 292 g/mol. The molecule has 0 unspecified atom stereocenters. The molecule has 0 atom stereocenters. The van der Waals surface area contributed by atoms with Crippen LogP contribution < -0.4 is 5.32 Å². The van der Waals surface area contributed by atoms with Crippen LogP contribution in [0, 0.1) is 0 Å². The molecule has 1 saturated heterocycles. The molecule has 6 heteroatoms. The number of benzene rings is 1. The fourth-order valence-electron chi connectivity index (χ4n) is 2.57. The van der Waals surface area contributed by atoms with E-state index in [2.05, 4.69) is 24.1 Å². The van der Waals surface area contributed by atoms with E-state index >= 15 is 0 Å². The van der Waals surface area contributed by atoms with Gasteiger partial charge < -0.3 is 10.4 Å². The Kier molecular flexibility index (Phi) is 4.54. The Balaban J connectivity index is 2.06. The molecule has 21 heavy (non-hydrogen) atoms. The standard InChI is InChI=1S/C15H19ClN2O3/c1-15(2)6-3-7-18(15)9-13(19)17-12-8-10(14(20)21)4-5-11(12)16/h4-5,8H,3,6-7,9H2,1-2H3,(H,17,19)(H,20,21). The number of carbonyl (C=O) groups excluding carboxylic acids is 1. The fourth-order valence-corrected chi connectivity index (χ4v) is 2.74. The maximum atomic E-state index is 12.1. The first-order valence-electron chi connectivity index (χ1n) is 6.87. The highest BCUT2D eigenvalue weighted by atomic mass is 35.5. The summed E-state index contributed by atoms with van der Waals surface area (Å²) in [6, 6.07) is 4.25. The summed E-state index contributed by atoms with van der Waals surface area (Å²) in [5.74, 6) is -1.24. The predicted molar refractivity (Wildman–Crippen MR) is 81.9 cm³/mol. The normalized spacial score (nSPS) is 17.7. The van der Waals surface area contributed by atoms with E-state index in [0.29, 0.717) is 10.7 Å². The third-order valence-corrected chi connectivity index (χ3v) is 4.22. The number of carboxylic acid groups (broad SMARTS) is 1. The molecule has 0 spiro atoms. The van der Waals surface area contributed by atoms with Gasteiger partial charge in [0, 0.05) is 5.54 Å². The summed E-state index contributed by atoms with van der Waals surface area (Å²) in [6.07, 6.45) is 2.14. The lowest BCUT2D eigenvalue weighted by Crippen LogP contribution is -2.43. The summed E-state index contributed by atoms with van der Waals surface area (Å²) in [6.45, 7) is 5.40. The van der Waals surface area contributed by atoms with Crippen molar-refractivity contribution in [1.29, 1.82) is 0 Å². The summed E-state index contributed by atoms with van der Waals surface area (Å²) in [5, 5.41) is 12.0. The number of aromatic carboxylic acids is 1.